The minimum absolute atomic E-state index is 0.638. The molecule has 2 nitrogen and oxygen atoms in total. The van der Waals surface area contributed by atoms with Crippen LogP contribution in [0, 0.1) is 11.3 Å². The molecule has 1 aliphatic carbocycles. The molecule has 1 N–H and O–H groups in total. The van der Waals surface area contributed by atoms with Crippen molar-refractivity contribution in [3.8, 4) is 0 Å². The van der Waals surface area contributed by atoms with E-state index in [1.54, 1.807) is 0 Å². The van der Waals surface area contributed by atoms with Crippen LogP contribution in [0.15, 0.2) is 0 Å². The number of nitrogens with one attached hydrogen (secondary N) is 1. The largest absolute Gasteiger partial charge is 0.314 e. The zero-order valence-corrected chi connectivity index (χ0v) is 11.3. The van der Waals surface area contributed by atoms with Crippen molar-refractivity contribution in [1.29, 1.82) is 0 Å². The lowest BCUT2D eigenvalue weighted by molar-refractivity contribution is 0.249. The van der Waals surface area contributed by atoms with Crippen LogP contribution in [0.3, 0.4) is 0 Å². The summed E-state index contributed by atoms with van der Waals surface area (Å²) in [6.45, 7) is 12.1. The van der Waals surface area contributed by atoms with E-state index < -0.39 is 0 Å². The second kappa shape index (κ2) is 5.05. The van der Waals surface area contributed by atoms with Gasteiger partial charge in [0.05, 0.1) is 0 Å². The first-order valence-electron chi connectivity index (χ1n) is 7.09. The van der Waals surface area contributed by atoms with Crippen molar-refractivity contribution in [3.05, 3.63) is 0 Å². The molecular weight excluding hydrogens is 196 g/mol. The molecule has 1 saturated carbocycles. The van der Waals surface area contributed by atoms with Gasteiger partial charge in [0.15, 0.2) is 0 Å². The number of hydrogen-bond donors (Lipinski definition) is 1. The summed E-state index contributed by atoms with van der Waals surface area (Å²) in [5.41, 5.74) is 0.736. The Morgan fingerprint density at radius 2 is 2.12 bits per heavy atom. The van der Waals surface area contributed by atoms with Crippen LogP contribution in [0.5, 0.6) is 0 Å². The average Bonchev–Trinajstić information content (AvgIpc) is 2.88. The molecule has 0 amide bonds. The van der Waals surface area contributed by atoms with E-state index in [9.17, 15) is 0 Å². The van der Waals surface area contributed by atoms with E-state index in [4.69, 9.17) is 0 Å². The van der Waals surface area contributed by atoms with Crippen molar-refractivity contribution in [2.75, 3.05) is 26.2 Å². The van der Waals surface area contributed by atoms with E-state index in [1.807, 2.05) is 0 Å². The van der Waals surface area contributed by atoms with E-state index in [2.05, 4.69) is 31.0 Å². The summed E-state index contributed by atoms with van der Waals surface area (Å²) >= 11 is 0. The molecule has 0 radical (unpaired) electrons. The normalized spacial score (nSPS) is 28.9. The van der Waals surface area contributed by atoms with Gasteiger partial charge in [-0.3, -0.25) is 0 Å². The van der Waals surface area contributed by atoms with Gasteiger partial charge in [-0.2, -0.15) is 0 Å². The summed E-state index contributed by atoms with van der Waals surface area (Å²) in [4.78, 5) is 2.71. The Labute approximate surface area is 101 Å². The van der Waals surface area contributed by atoms with Crippen LogP contribution in [0.2, 0.25) is 0 Å². The molecule has 1 atom stereocenters. The van der Waals surface area contributed by atoms with E-state index in [-0.39, 0.29) is 0 Å². The lowest BCUT2D eigenvalue weighted by atomic mass is 10.0. The van der Waals surface area contributed by atoms with Crippen LogP contribution >= 0.6 is 0 Å². The highest BCUT2D eigenvalue weighted by Gasteiger charge is 2.42. The van der Waals surface area contributed by atoms with Gasteiger partial charge >= 0.3 is 0 Å². The topological polar surface area (TPSA) is 15.3 Å². The molecule has 0 spiro atoms. The third kappa shape index (κ3) is 3.21. The van der Waals surface area contributed by atoms with Gasteiger partial charge in [-0.15, -0.1) is 0 Å². The fourth-order valence-corrected chi connectivity index (χ4v) is 2.90. The maximum Gasteiger partial charge on any atom is 0.00380 e. The highest BCUT2D eigenvalue weighted by Crippen LogP contribution is 2.49. The molecule has 1 saturated heterocycles. The zero-order valence-electron chi connectivity index (χ0n) is 11.3. The Morgan fingerprint density at radius 1 is 1.38 bits per heavy atom. The quantitative estimate of drug-likeness (QED) is 0.746. The Morgan fingerprint density at radius 3 is 2.69 bits per heavy atom. The molecule has 0 aromatic rings. The minimum Gasteiger partial charge on any atom is -0.314 e. The van der Waals surface area contributed by atoms with E-state index >= 15 is 0 Å². The Kier molecular flexibility index (Phi) is 3.91. The Bertz CT molecular complexity index is 221. The van der Waals surface area contributed by atoms with E-state index in [1.165, 1.54) is 51.9 Å². The maximum absolute atomic E-state index is 3.57. The predicted molar refractivity (Wildman–Crippen MR) is 69.6 cm³/mol. The second-order valence-corrected chi connectivity index (χ2v) is 6.31. The van der Waals surface area contributed by atoms with Gasteiger partial charge in [-0.05, 0) is 50.1 Å². The molecule has 0 aromatic heterocycles. The zero-order chi connectivity index (χ0) is 11.6. The minimum atomic E-state index is 0.638. The van der Waals surface area contributed by atoms with Crippen molar-refractivity contribution in [2.24, 2.45) is 11.3 Å². The van der Waals surface area contributed by atoms with Crippen LogP contribution < -0.4 is 5.32 Å². The van der Waals surface area contributed by atoms with Crippen molar-refractivity contribution >= 4 is 0 Å². The highest BCUT2D eigenvalue weighted by molar-refractivity contribution is 4.95. The van der Waals surface area contributed by atoms with Gasteiger partial charge in [0.1, 0.15) is 0 Å². The van der Waals surface area contributed by atoms with Gasteiger partial charge in [0, 0.05) is 19.1 Å². The number of hydrogen-bond acceptors (Lipinski definition) is 2. The first-order chi connectivity index (χ1) is 7.63. The van der Waals surface area contributed by atoms with Crippen molar-refractivity contribution in [1.82, 2.24) is 10.2 Å². The first-order valence-corrected chi connectivity index (χ1v) is 7.09. The lowest BCUT2D eigenvalue weighted by Crippen LogP contribution is -2.32. The maximum atomic E-state index is 3.57. The molecule has 0 bridgehead atoms. The monoisotopic (exact) mass is 224 g/mol. The molecule has 94 valence electrons. The Balaban J connectivity index is 1.67. The lowest BCUT2D eigenvalue weighted by Gasteiger charge is -2.22. The fourth-order valence-electron chi connectivity index (χ4n) is 2.90. The van der Waals surface area contributed by atoms with Crippen LogP contribution in [-0.2, 0) is 0 Å². The van der Waals surface area contributed by atoms with Crippen molar-refractivity contribution < 1.29 is 0 Å². The van der Waals surface area contributed by atoms with E-state index in [0.717, 1.165) is 11.3 Å². The first kappa shape index (κ1) is 12.4. The summed E-state index contributed by atoms with van der Waals surface area (Å²) in [6, 6.07) is 0.638. The molecule has 16 heavy (non-hydrogen) atoms. The van der Waals surface area contributed by atoms with Crippen LogP contribution in [0.25, 0.3) is 0 Å². The summed E-state index contributed by atoms with van der Waals surface area (Å²) in [5, 5.41) is 3.57. The molecule has 1 unspecified atom stereocenters. The molecular formula is C14H28N2. The van der Waals surface area contributed by atoms with Crippen molar-refractivity contribution in [2.45, 2.75) is 52.5 Å². The smallest absolute Gasteiger partial charge is 0.00380 e. The Hall–Kier alpha value is -0.0800. The summed E-state index contributed by atoms with van der Waals surface area (Å²) in [7, 11) is 0. The SMILES string of the molecule is CCC1(CN2CCC(CNC(C)C)C2)CC1. The molecule has 2 aliphatic rings. The van der Waals surface area contributed by atoms with Gasteiger partial charge in [0.2, 0.25) is 0 Å². The third-order valence-corrected chi connectivity index (χ3v) is 4.45. The van der Waals surface area contributed by atoms with Gasteiger partial charge in [-0.25, -0.2) is 0 Å². The van der Waals surface area contributed by atoms with Gasteiger partial charge in [-0.1, -0.05) is 20.8 Å². The molecule has 1 heterocycles. The molecule has 0 aromatic carbocycles. The van der Waals surface area contributed by atoms with E-state index in [0.29, 0.717) is 6.04 Å². The summed E-state index contributed by atoms with van der Waals surface area (Å²) in [6.07, 6.45) is 5.75. The van der Waals surface area contributed by atoms with Crippen LogP contribution in [-0.4, -0.2) is 37.1 Å². The third-order valence-electron chi connectivity index (χ3n) is 4.45. The predicted octanol–water partition coefficient (Wildman–Crippen LogP) is 2.50. The van der Waals surface area contributed by atoms with Crippen molar-refractivity contribution in [3.63, 3.8) is 0 Å². The standard InChI is InChI=1S/C14H28N2/c1-4-14(6-7-14)11-16-8-5-13(10-16)9-15-12(2)3/h12-13,15H,4-11H2,1-3H3. The van der Waals surface area contributed by atoms with Gasteiger partial charge in [0.25, 0.3) is 0 Å². The summed E-state index contributed by atoms with van der Waals surface area (Å²) < 4.78 is 0. The van der Waals surface area contributed by atoms with Crippen LogP contribution in [0.4, 0.5) is 0 Å². The average molecular weight is 224 g/mol. The van der Waals surface area contributed by atoms with Gasteiger partial charge < -0.3 is 10.2 Å². The second-order valence-electron chi connectivity index (χ2n) is 6.31. The number of nitrogens with zero attached hydrogens (tertiary/aromatic N) is 1. The molecule has 2 heteroatoms. The van der Waals surface area contributed by atoms with Crippen LogP contribution in [0.1, 0.15) is 46.5 Å². The summed E-state index contributed by atoms with van der Waals surface area (Å²) in [5.74, 6) is 0.898. The highest BCUT2D eigenvalue weighted by atomic mass is 15.2. The number of rotatable bonds is 6. The molecule has 2 rings (SSSR count). The number of likely N-dealkylation sites (tertiary alicyclic amines) is 1. The molecule has 2 fully saturated rings. The molecule has 1 aliphatic heterocycles. The fraction of sp³-hybridized carbons (Fsp3) is 1.00.